The van der Waals surface area contributed by atoms with Crippen molar-refractivity contribution >= 4 is 11.5 Å². The van der Waals surface area contributed by atoms with Crippen LogP contribution in [0, 0.1) is 10.1 Å². The highest BCUT2D eigenvalue weighted by atomic mass is 16.6. The fourth-order valence-corrected chi connectivity index (χ4v) is 2.10. The number of imidazole rings is 1. The lowest BCUT2D eigenvalue weighted by atomic mass is 10.1. The summed E-state index contributed by atoms with van der Waals surface area (Å²) in [5.41, 5.74) is 2.07. The average molecular weight is 295 g/mol. The lowest BCUT2D eigenvalue weighted by Gasteiger charge is -2.11. The molecule has 0 aliphatic heterocycles. The van der Waals surface area contributed by atoms with E-state index >= 15 is 0 Å². The van der Waals surface area contributed by atoms with Gasteiger partial charge in [-0.15, -0.1) is 0 Å². The van der Waals surface area contributed by atoms with Crippen LogP contribution in [0.5, 0.6) is 0 Å². The Kier molecular flexibility index (Phi) is 3.78. The van der Waals surface area contributed by atoms with Gasteiger partial charge in [0.2, 0.25) is 0 Å². The van der Waals surface area contributed by atoms with Crippen LogP contribution in [0.4, 0.5) is 11.5 Å². The molecule has 110 valence electrons. The number of nitro groups is 1. The molecule has 7 nitrogen and oxygen atoms in total. The fraction of sp³-hybridized carbons (Fsp3) is 0.0667. The van der Waals surface area contributed by atoms with Gasteiger partial charge >= 0.3 is 0 Å². The van der Waals surface area contributed by atoms with Crippen molar-refractivity contribution in [1.82, 2.24) is 14.5 Å². The molecule has 0 spiro atoms. The van der Waals surface area contributed by atoms with Gasteiger partial charge < -0.3 is 9.88 Å². The number of aromatic nitrogens is 3. The van der Waals surface area contributed by atoms with Gasteiger partial charge in [0.05, 0.1) is 16.9 Å². The van der Waals surface area contributed by atoms with Gasteiger partial charge in [-0.3, -0.25) is 10.1 Å². The lowest BCUT2D eigenvalue weighted by Crippen LogP contribution is -2.05. The molecule has 3 rings (SSSR count). The topological polar surface area (TPSA) is 85.9 Å². The smallest absolute Gasteiger partial charge is 0.287 e. The molecule has 3 aromatic rings. The molecule has 0 unspecified atom stereocenters. The second-order valence-electron chi connectivity index (χ2n) is 4.61. The van der Waals surface area contributed by atoms with Crippen LogP contribution in [0.2, 0.25) is 0 Å². The molecule has 0 amide bonds. The van der Waals surface area contributed by atoms with E-state index in [2.05, 4.69) is 15.3 Å². The number of hydrogen-bond donors (Lipinski definition) is 1. The monoisotopic (exact) mass is 295 g/mol. The second kappa shape index (κ2) is 6.04. The summed E-state index contributed by atoms with van der Waals surface area (Å²) in [4.78, 5) is 18.2. The summed E-state index contributed by atoms with van der Waals surface area (Å²) in [5.74, 6) is 0.589. The number of para-hydroxylation sites is 1. The number of pyridine rings is 1. The summed E-state index contributed by atoms with van der Waals surface area (Å²) in [6, 6.07) is 11.0. The van der Waals surface area contributed by atoms with Gasteiger partial charge in [-0.2, -0.15) is 0 Å². The van der Waals surface area contributed by atoms with Crippen molar-refractivity contribution in [3.63, 3.8) is 0 Å². The van der Waals surface area contributed by atoms with E-state index in [-0.39, 0.29) is 5.69 Å². The molecule has 0 fully saturated rings. The molecule has 0 aliphatic carbocycles. The summed E-state index contributed by atoms with van der Waals surface area (Å²) < 4.78 is 1.93. The third kappa shape index (κ3) is 2.93. The summed E-state index contributed by atoms with van der Waals surface area (Å²) in [5, 5.41) is 13.8. The highest BCUT2D eigenvalue weighted by molar-refractivity contribution is 5.45. The molecule has 2 aromatic heterocycles. The third-order valence-electron chi connectivity index (χ3n) is 3.19. The number of anilines is 1. The largest absolute Gasteiger partial charge is 0.366 e. The summed E-state index contributed by atoms with van der Waals surface area (Å²) in [6.45, 7) is 0.555. The van der Waals surface area contributed by atoms with Crippen LogP contribution in [0.15, 0.2) is 61.3 Å². The van der Waals surface area contributed by atoms with Crippen molar-refractivity contribution in [1.29, 1.82) is 0 Å². The fourth-order valence-electron chi connectivity index (χ4n) is 2.10. The van der Waals surface area contributed by atoms with Crippen LogP contribution in [-0.2, 0) is 6.54 Å². The van der Waals surface area contributed by atoms with E-state index < -0.39 is 4.92 Å². The van der Waals surface area contributed by atoms with Crippen molar-refractivity contribution in [2.24, 2.45) is 0 Å². The molecule has 0 aliphatic rings. The summed E-state index contributed by atoms with van der Waals surface area (Å²) >= 11 is 0. The van der Waals surface area contributed by atoms with Gasteiger partial charge in [-0.05, 0) is 17.7 Å². The maximum absolute atomic E-state index is 10.6. The summed E-state index contributed by atoms with van der Waals surface area (Å²) in [6.07, 6.45) is 6.58. The average Bonchev–Trinajstić information content (AvgIpc) is 3.08. The van der Waals surface area contributed by atoms with Crippen LogP contribution in [0.3, 0.4) is 0 Å². The number of nitrogens with one attached hydrogen (secondary N) is 1. The minimum absolute atomic E-state index is 0.0237. The zero-order valence-electron chi connectivity index (χ0n) is 11.6. The van der Waals surface area contributed by atoms with Crippen molar-refractivity contribution < 1.29 is 4.92 Å². The molecular formula is C15H13N5O2. The Morgan fingerprint density at radius 2 is 2.09 bits per heavy atom. The van der Waals surface area contributed by atoms with Crippen LogP contribution in [-0.4, -0.2) is 19.5 Å². The molecule has 0 saturated heterocycles. The van der Waals surface area contributed by atoms with E-state index in [0.717, 1.165) is 11.3 Å². The maximum Gasteiger partial charge on any atom is 0.287 e. The number of hydrogen-bond acceptors (Lipinski definition) is 5. The van der Waals surface area contributed by atoms with Crippen molar-refractivity contribution in [3.05, 3.63) is 77.0 Å². The SMILES string of the molecule is O=[N+]([O-])c1ccc(NCc2ccccc2-n2ccnc2)nc1. The molecule has 22 heavy (non-hydrogen) atoms. The van der Waals surface area contributed by atoms with Crippen molar-refractivity contribution in [3.8, 4) is 5.69 Å². The number of rotatable bonds is 5. The zero-order valence-corrected chi connectivity index (χ0v) is 11.6. The predicted molar refractivity (Wildman–Crippen MR) is 81.8 cm³/mol. The molecule has 0 atom stereocenters. The van der Waals surface area contributed by atoms with E-state index in [9.17, 15) is 10.1 Å². The predicted octanol–water partition coefficient (Wildman–Crippen LogP) is 2.79. The first-order valence-corrected chi connectivity index (χ1v) is 6.64. The Morgan fingerprint density at radius 1 is 1.23 bits per heavy atom. The van der Waals surface area contributed by atoms with E-state index in [1.54, 1.807) is 18.6 Å². The Balaban J connectivity index is 1.76. The standard InChI is InChI=1S/C15H13N5O2/c21-20(22)13-5-6-15(18-10-13)17-9-12-3-1-2-4-14(12)19-8-7-16-11-19/h1-8,10-11H,9H2,(H,17,18). The second-order valence-corrected chi connectivity index (χ2v) is 4.61. The van der Waals surface area contributed by atoms with Crippen LogP contribution in [0.1, 0.15) is 5.56 Å². The molecule has 0 saturated carbocycles. The third-order valence-corrected chi connectivity index (χ3v) is 3.19. The van der Waals surface area contributed by atoms with Crippen LogP contribution in [0.25, 0.3) is 5.69 Å². The highest BCUT2D eigenvalue weighted by Gasteiger charge is 2.06. The van der Waals surface area contributed by atoms with Gasteiger partial charge in [0.15, 0.2) is 0 Å². The summed E-state index contributed by atoms with van der Waals surface area (Å²) in [7, 11) is 0. The minimum Gasteiger partial charge on any atom is -0.366 e. The molecule has 1 aromatic carbocycles. The zero-order chi connectivity index (χ0) is 15.4. The Labute approximate surface area is 126 Å². The van der Waals surface area contributed by atoms with E-state index in [0.29, 0.717) is 12.4 Å². The first-order chi connectivity index (χ1) is 10.7. The van der Waals surface area contributed by atoms with E-state index in [1.165, 1.54) is 12.3 Å². The molecule has 7 heteroatoms. The molecule has 2 heterocycles. The lowest BCUT2D eigenvalue weighted by molar-refractivity contribution is -0.385. The molecule has 0 radical (unpaired) electrons. The van der Waals surface area contributed by atoms with E-state index in [1.807, 2.05) is 35.0 Å². The maximum atomic E-state index is 10.6. The Hall–Kier alpha value is -3.22. The van der Waals surface area contributed by atoms with Crippen molar-refractivity contribution in [2.45, 2.75) is 6.54 Å². The minimum atomic E-state index is -0.467. The van der Waals surface area contributed by atoms with Gasteiger partial charge in [0.25, 0.3) is 5.69 Å². The quantitative estimate of drug-likeness (QED) is 0.578. The van der Waals surface area contributed by atoms with Gasteiger partial charge in [-0.1, -0.05) is 18.2 Å². The van der Waals surface area contributed by atoms with Gasteiger partial charge in [-0.25, -0.2) is 9.97 Å². The molecule has 0 bridgehead atoms. The first kappa shape index (κ1) is 13.7. The molecule has 1 N–H and O–H groups in total. The van der Waals surface area contributed by atoms with Crippen molar-refractivity contribution in [2.75, 3.05) is 5.32 Å². The van der Waals surface area contributed by atoms with Gasteiger partial charge in [0, 0.05) is 25.0 Å². The molecular weight excluding hydrogens is 282 g/mol. The Morgan fingerprint density at radius 3 is 2.77 bits per heavy atom. The van der Waals surface area contributed by atoms with Crippen LogP contribution >= 0.6 is 0 Å². The first-order valence-electron chi connectivity index (χ1n) is 6.64. The van der Waals surface area contributed by atoms with Crippen LogP contribution < -0.4 is 5.32 Å². The highest BCUT2D eigenvalue weighted by Crippen LogP contribution is 2.17. The number of nitrogens with zero attached hydrogens (tertiary/aromatic N) is 4. The normalized spacial score (nSPS) is 10.4. The van der Waals surface area contributed by atoms with Gasteiger partial charge in [0.1, 0.15) is 12.0 Å². The Bertz CT molecular complexity index is 769. The number of benzene rings is 1. The van der Waals surface area contributed by atoms with E-state index in [4.69, 9.17) is 0 Å².